The monoisotopic (exact) mass is 160 g/mol. The third-order valence-corrected chi connectivity index (χ3v) is 1.79. The topological polar surface area (TPSA) is 60.7 Å². The highest BCUT2D eigenvalue weighted by atomic mass is 15.1. The first kappa shape index (κ1) is 7.07. The summed E-state index contributed by atoms with van der Waals surface area (Å²) in [6.07, 6.45) is 0. The smallest absolute Gasteiger partial charge is 0.142 e. The summed E-state index contributed by atoms with van der Waals surface area (Å²) in [7, 11) is 0. The second-order valence-electron chi connectivity index (χ2n) is 2.60. The molecule has 2 N–H and O–H groups in total. The average molecular weight is 160 g/mol. The third kappa shape index (κ3) is 1.11. The number of aromatic nitrogens is 1. The first-order chi connectivity index (χ1) is 5.90. The fourth-order valence-electron chi connectivity index (χ4n) is 1.19. The van der Waals surface area contributed by atoms with E-state index in [9.17, 15) is 0 Å². The van der Waals surface area contributed by atoms with Gasteiger partial charge in [-0.05, 0) is 6.07 Å². The number of nitrogens with one attached hydrogen (secondary N) is 2. The van der Waals surface area contributed by atoms with E-state index in [0.717, 1.165) is 24.6 Å². The van der Waals surface area contributed by atoms with Crippen LogP contribution < -0.4 is 10.6 Å². The van der Waals surface area contributed by atoms with Crippen molar-refractivity contribution in [1.82, 2.24) is 10.3 Å². The first-order valence-corrected chi connectivity index (χ1v) is 3.75. The van der Waals surface area contributed by atoms with Crippen LogP contribution in [0.1, 0.15) is 11.3 Å². The zero-order valence-electron chi connectivity index (χ0n) is 6.46. The van der Waals surface area contributed by atoms with Crippen LogP contribution in [0.25, 0.3) is 0 Å². The molecule has 0 bridgehead atoms. The summed E-state index contributed by atoms with van der Waals surface area (Å²) in [6.45, 7) is 1.54. The van der Waals surface area contributed by atoms with Gasteiger partial charge in [-0.2, -0.15) is 5.26 Å². The summed E-state index contributed by atoms with van der Waals surface area (Å²) in [5, 5.41) is 14.8. The van der Waals surface area contributed by atoms with E-state index < -0.39 is 0 Å². The Bertz CT molecular complexity index is 339. The molecule has 4 heteroatoms. The summed E-state index contributed by atoms with van der Waals surface area (Å²) in [6, 6.07) is 5.65. The molecule has 1 aliphatic rings. The minimum Gasteiger partial charge on any atom is -0.357 e. The summed E-state index contributed by atoms with van der Waals surface area (Å²) < 4.78 is 0. The quantitative estimate of drug-likeness (QED) is 0.577. The van der Waals surface area contributed by atoms with E-state index in [1.165, 1.54) is 0 Å². The molecule has 2 heterocycles. The normalized spacial score (nSPS) is 14.2. The van der Waals surface area contributed by atoms with E-state index in [-0.39, 0.29) is 0 Å². The lowest BCUT2D eigenvalue weighted by molar-refractivity contribution is 0.702. The van der Waals surface area contributed by atoms with Gasteiger partial charge in [0.1, 0.15) is 17.6 Å². The molecule has 0 saturated carbocycles. The van der Waals surface area contributed by atoms with Crippen molar-refractivity contribution in [3.63, 3.8) is 0 Å². The Labute approximate surface area is 70.2 Å². The van der Waals surface area contributed by atoms with Crippen molar-refractivity contribution in [2.75, 3.05) is 12.0 Å². The lowest BCUT2D eigenvalue weighted by atomic mass is 10.2. The minimum absolute atomic E-state index is 0.461. The Hall–Kier alpha value is -1.60. The molecule has 4 nitrogen and oxygen atoms in total. The molecule has 0 amide bonds. The maximum atomic E-state index is 8.58. The van der Waals surface area contributed by atoms with Crippen LogP contribution in [0.15, 0.2) is 12.1 Å². The van der Waals surface area contributed by atoms with Crippen molar-refractivity contribution >= 4 is 5.82 Å². The Morgan fingerprint density at radius 2 is 2.42 bits per heavy atom. The number of nitrogens with zero attached hydrogens (tertiary/aromatic N) is 2. The largest absolute Gasteiger partial charge is 0.357 e. The predicted molar refractivity (Wildman–Crippen MR) is 44.3 cm³/mol. The second-order valence-corrected chi connectivity index (χ2v) is 2.60. The van der Waals surface area contributed by atoms with E-state index >= 15 is 0 Å². The van der Waals surface area contributed by atoms with Crippen LogP contribution in [0.4, 0.5) is 5.82 Å². The average Bonchev–Trinajstić information content (AvgIpc) is 2.17. The summed E-state index contributed by atoms with van der Waals surface area (Å²) in [5.74, 6) is 0.827. The van der Waals surface area contributed by atoms with Crippen LogP contribution in [-0.2, 0) is 6.54 Å². The maximum Gasteiger partial charge on any atom is 0.142 e. The summed E-state index contributed by atoms with van der Waals surface area (Å²) in [4.78, 5) is 4.12. The second kappa shape index (κ2) is 2.80. The Morgan fingerprint density at radius 1 is 1.50 bits per heavy atom. The molecule has 1 aromatic rings. The highest BCUT2D eigenvalue weighted by Crippen LogP contribution is 2.14. The van der Waals surface area contributed by atoms with Gasteiger partial charge in [0.25, 0.3) is 0 Å². The molecule has 0 unspecified atom stereocenters. The molecular weight excluding hydrogens is 152 g/mol. The van der Waals surface area contributed by atoms with Gasteiger partial charge in [0.15, 0.2) is 0 Å². The van der Waals surface area contributed by atoms with Crippen LogP contribution in [0, 0.1) is 11.3 Å². The van der Waals surface area contributed by atoms with E-state index in [4.69, 9.17) is 5.26 Å². The lowest BCUT2D eigenvalue weighted by Gasteiger charge is -2.17. The van der Waals surface area contributed by atoms with Crippen molar-refractivity contribution in [3.8, 4) is 6.07 Å². The lowest BCUT2D eigenvalue weighted by Crippen LogP contribution is -2.28. The number of fused-ring (bicyclic) bond motifs is 1. The predicted octanol–water partition coefficient (Wildman–Crippen LogP) is 0.426. The Balaban J connectivity index is 2.44. The number of anilines is 1. The molecule has 0 fully saturated rings. The van der Waals surface area contributed by atoms with Gasteiger partial charge in [-0.1, -0.05) is 6.07 Å². The van der Waals surface area contributed by atoms with Crippen LogP contribution in [0.3, 0.4) is 0 Å². The highest BCUT2D eigenvalue weighted by Gasteiger charge is 2.08. The SMILES string of the molecule is N#Cc1ccc2c(n1)NCNC2. The molecule has 0 spiro atoms. The number of hydrogen-bond acceptors (Lipinski definition) is 4. The van der Waals surface area contributed by atoms with Crippen molar-refractivity contribution in [2.24, 2.45) is 0 Å². The van der Waals surface area contributed by atoms with Gasteiger partial charge in [-0.25, -0.2) is 4.98 Å². The molecule has 1 aromatic heterocycles. The molecule has 1 aliphatic heterocycles. The molecule has 0 saturated heterocycles. The van der Waals surface area contributed by atoms with Gasteiger partial charge >= 0.3 is 0 Å². The van der Waals surface area contributed by atoms with E-state index in [2.05, 4.69) is 15.6 Å². The molecular formula is C8H8N4. The Kier molecular flexibility index (Phi) is 1.65. The van der Waals surface area contributed by atoms with E-state index in [0.29, 0.717) is 5.69 Å². The van der Waals surface area contributed by atoms with Crippen molar-refractivity contribution in [1.29, 1.82) is 5.26 Å². The molecule has 0 aromatic carbocycles. The molecule has 60 valence electrons. The van der Waals surface area contributed by atoms with Crippen molar-refractivity contribution in [2.45, 2.75) is 6.54 Å². The van der Waals surface area contributed by atoms with Gasteiger partial charge in [0, 0.05) is 12.1 Å². The fourth-order valence-corrected chi connectivity index (χ4v) is 1.19. The van der Waals surface area contributed by atoms with Gasteiger partial charge in [-0.15, -0.1) is 0 Å². The van der Waals surface area contributed by atoms with Crippen LogP contribution >= 0.6 is 0 Å². The van der Waals surface area contributed by atoms with Gasteiger partial charge in [-0.3, -0.25) is 5.32 Å². The van der Waals surface area contributed by atoms with Crippen molar-refractivity contribution in [3.05, 3.63) is 23.4 Å². The molecule has 0 radical (unpaired) electrons. The number of nitriles is 1. The molecule has 12 heavy (non-hydrogen) atoms. The highest BCUT2D eigenvalue weighted by molar-refractivity contribution is 5.48. The Morgan fingerprint density at radius 3 is 3.25 bits per heavy atom. The number of hydrogen-bond donors (Lipinski definition) is 2. The van der Waals surface area contributed by atoms with Gasteiger partial charge in [0.2, 0.25) is 0 Å². The van der Waals surface area contributed by atoms with Crippen LogP contribution in [0.2, 0.25) is 0 Å². The van der Waals surface area contributed by atoms with E-state index in [1.807, 2.05) is 12.1 Å². The third-order valence-electron chi connectivity index (χ3n) is 1.79. The minimum atomic E-state index is 0.461. The standard InChI is InChI=1S/C8H8N4/c9-3-7-2-1-6-4-10-5-11-8(6)12-7/h1-2,10H,4-5H2,(H,11,12). The first-order valence-electron chi connectivity index (χ1n) is 3.75. The molecule has 0 aliphatic carbocycles. The zero-order chi connectivity index (χ0) is 8.39. The van der Waals surface area contributed by atoms with Gasteiger partial charge < -0.3 is 5.32 Å². The summed E-state index contributed by atoms with van der Waals surface area (Å²) in [5.41, 5.74) is 1.57. The molecule has 2 rings (SSSR count). The number of pyridine rings is 1. The molecule has 0 atom stereocenters. The van der Waals surface area contributed by atoms with Crippen molar-refractivity contribution < 1.29 is 0 Å². The van der Waals surface area contributed by atoms with Crippen LogP contribution in [-0.4, -0.2) is 11.7 Å². The summed E-state index contributed by atoms with van der Waals surface area (Å²) >= 11 is 0. The fraction of sp³-hybridized carbons (Fsp3) is 0.250. The maximum absolute atomic E-state index is 8.58. The van der Waals surface area contributed by atoms with Gasteiger partial charge in [0.05, 0.1) is 6.67 Å². The van der Waals surface area contributed by atoms with Crippen LogP contribution in [0.5, 0.6) is 0 Å². The zero-order valence-corrected chi connectivity index (χ0v) is 6.46. The van der Waals surface area contributed by atoms with E-state index in [1.54, 1.807) is 6.07 Å². The number of rotatable bonds is 0.